The van der Waals surface area contributed by atoms with Crippen molar-refractivity contribution in [1.29, 1.82) is 0 Å². The number of aliphatic imine (C=N–C) groups is 1. The molecule has 0 radical (unpaired) electrons. The number of carbonyl (C=O) groups is 1. The maximum atomic E-state index is 12.5. The number of amides is 1. The molecule has 2 aliphatic rings. The van der Waals surface area contributed by atoms with Crippen molar-refractivity contribution in [2.45, 2.75) is 51.7 Å². The Kier molecular flexibility index (Phi) is 7.10. The van der Waals surface area contributed by atoms with Gasteiger partial charge in [-0.3, -0.25) is 9.79 Å². The normalized spacial score (nSPS) is 18.4. The standard InChI is InChI=1S/C21H32N4O2/c1-2-22-21(24-14-10-19(26)11-15-24)23-12-5-8-20(27)25-13-9-17-6-3-4-7-18(17)16-25/h3-4,6-7,19,26H,2,5,8-16H2,1H3,(H,22,23). The van der Waals surface area contributed by atoms with E-state index in [9.17, 15) is 9.90 Å². The molecule has 1 fully saturated rings. The van der Waals surface area contributed by atoms with E-state index in [-0.39, 0.29) is 12.0 Å². The zero-order chi connectivity index (χ0) is 19.1. The molecule has 0 spiro atoms. The van der Waals surface area contributed by atoms with Gasteiger partial charge in [0, 0.05) is 45.7 Å². The summed E-state index contributed by atoms with van der Waals surface area (Å²) in [5.74, 6) is 1.13. The first-order chi connectivity index (χ1) is 13.2. The van der Waals surface area contributed by atoms with Gasteiger partial charge in [-0.15, -0.1) is 0 Å². The van der Waals surface area contributed by atoms with E-state index in [0.717, 1.165) is 64.4 Å². The Bertz CT molecular complexity index is 653. The lowest BCUT2D eigenvalue weighted by Crippen LogP contribution is -2.46. The van der Waals surface area contributed by atoms with Gasteiger partial charge in [0.2, 0.25) is 5.91 Å². The van der Waals surface area contributed by atoms with Crippen molar-refractivity contribution in [3.63, 3.8) is 0 Å². The summed E-state index contributed by atoms with van der Waals surface area (Å²) in [6, 6.07) is 8.40. The number of rotatable bonds is 5. The molecule has 1 saturated heterocycles. The molecule has 1 amide bonds. The Morgan fingerprint density at radius 2 is 1.93 bits per heavy atom. The number of nitrogens with one attached hydrogen (secondary N) is 1. The molecule has 0 atom stereocenters. The molecule has 2 heterocycles. The molecule has 6 nitrogen and oxygen atoms in total. The van der Waals surface area contributed by atoms with Crippen molar-refractivity contribution in [3.8, 4) is 0 Å². The fourth-order valence-electron chi connectivity index (χ4n) is 3.79. The van der Waals surface area contributed by atoms with Crippen LogP contribution in [-0.2, 0) is 17.8 Å². The summed E-state index contributed by atoms with van der Waals surface area (Å²) in [5, 5.41) is 13.0. The van der Waals surface area contributed by atoms with Crippen LogP contribution in [0.2, 0.25) is 0 Å². The summed E-state index contributed by atoms with van der Waals surface area (Å²) in [6.07, 6.45) is 3.66. The van der Waals surface area contributed by atoms with E-state index in [1.54, 1.807) is 0 Å². The highest BCUT2D eigenvalue weighted by molar-refractivity contribution is 5.80. The van der Waals surface area contributed by atoms with Crippen LogP contribution in [-0.4, -0.2) is 65.6 Å². The monoisotopic (exact) mass is 372 g/mol. The Morgan fingerprint density at radius 3 is 2.67 bits per heavy atom. The molecule has 148 valence electrons. The fourth-order valence-corrected chi connectivity index (χ4v) is 3.79. The van der Waals surface area contributed by atoms with Gasteiger partial charge in [-0.1, -0.05) is 24.3 Å². The third-order valence-corrected chi connectivity index (χ3v) is 5.39. The van der Waals surface area contributed by atoms with Crippen LogP contribution in [0.25, 0.3) is 0 Å². The molecule has 0 saturated carbocycles. The number of aliphatic hydroxyl groups is 1. The summed E-state index contributed by atoms with van der Waals surface area (Å²) in [6.45, 7) is 6.75. The van der Waals surface area contributed by atoms with Crippen molar-refractivity contribution in [1.82, 2.24) is 15.1 Å². The maximum Gasteiger partial charge on any atom is 0.222 e. The van der Waals surface area contributed by atoms with Crippen LogP contribution >= 0.6 is 0 Å². The highest BCUT2D eigenvalue weighted by Crippen LogP contribution is 2.19. The summed E-state index contributed by atoms with van der Waals surface area (Å²) in [7, 11) is 0. The van der Waals surface area contributed by atoms with Crippen LogP contribution in [0.3, 0.4) is 0 Å². The van der Waals surface area contributed by atoms with E-state index < -0.39 is 0 Å². The first-order valence-corrected chi connectivity index (χ1v) is 10.2. The van der Waals surface area contributed by atoms with E-state index >= 15 is 0 Å². The molecule has 1 aromatic carbocycles. The van der Waals surface area contributed by atoms with E-state index in [1.165, 1.54) is 11.1 Å². The molecule has 0 aliphatic carbocycles. The number of carbonyl (C=O) groups excluding carboxylic acids is 1. The molecule has 2 N–H and O–H groups in total. The van der Waals surface area contributed by atoms with Gasteiger partial charge in [-0.25, -0.2) is 0 Å². The van der Waals surface area contributed by atoms with Gasteiger partial charge in [0.05, 0.1) is 6.10 Å². The Morgan fingerprint density at radius 1 is 1.19 bits per heavy atom. The number of nitrogens with zero attached hydrogens (tertiary/aromatic N) is 3. The van der Waals surface area contributed by atoms with Gasteiger partial charge in [0.1, 0.15) is 0 Å². The topological polar surface area (TPSA) is 68.2 Å². The minimum atomic E-state index is -0.184. The van der Waals surface area contributed by atoms with Crippen LogP contribution in [0.1, 0.15) is 43.7 Å². The molecular formula is C21H32N4O2. The molecule has 2 aliphatic heterocycles. The minimum Gasteiger partial charge on any atom is -0.393 e. The van der Waals surface area contributed by atoms with E-state index in [2.05, 4.69) is 35.3 Å². The number of hydrogen-bond acceptors (Lipinski definition) is 3. The Labute approximate surface area is 162 Å². The second-order valence-electron chi connectivity index (χ2n) is 7.39. The smallest absolute Gasteiger partial charge is 0.222 e. The number of hydrogen-bond donors (Lipinski definition) is 2. The summed E-state index contributed by atoms with van der Waals surface area (Å²) >= 11 is 0. The van der Waals surface area contributed by atoms with Crippen molar-refractivity contribution in [2.75, 3.05) is 32.7 Å². The number of fused-ring (bicyclic) bond motifs is 1. The Hall–Kier alpha value is -2.08. The maximum absolute atomic E-state index is 12.5. The van der Waals surface area contributed by atoms with Crippen molar-refractivity contribution in [2.24, 2.45) is 4.99 Å². The zero-order valence-corrected chi connectivity index (χ0v) is 16.4. The number of guanidine groups is 1. The van der Waals surface area contributed by atoms with Crippen LogP contribution in [0, 0.1) is 0 Å². The quantitative estimate of drug-likeness (QED) is 0.470. The number of aliphatic hydroxyl groups excluding tert-OH is 1. The van der Waals surface area contributed by atoms with E-state index in [4.69, 9.17) is 4.99 Å². The van der Waals surface area contributed by atoms with E-state index in [1.807, 2.05) is 11.0 Å². The number of piperidine rings is 1. The van der Waals surface area contributed by atoms with Crippen LogP contribution in [0.4, 0.5) is 0 Å². The lowest BCUT2D eigenvalue weighted by Gasteiger charge is -2.32. The van der Waals surface area contributed by atoms with Crippen LogP contribution in [0.15, 0.2) is 29.3 Å². The second kappa shape index (κ2) is 9.74. The van der Waals surface area contributed by atoms with Crippen LogP contribution < -0.4 is 5.32 Å². The van der Waals surface area contributed by atoms with Gasteiger partial charge in [0.25, 0.3) is 0 Å². The average molecular weight is 373 g/mol. The van der Waals surface area contributed by atoms with Gasteiger partial charge < -0.3 is 20.2 Å². The summed E-state index contributed by atoms with van der Waals surface area (Å²) in [5.41, 5.74) is 2.64. The van der Waals surface area contributed by atoms with Gasteiger partial charge in [-0.2, -0.15) is 0 Å². The largest absolute Gasteiger partial charge is 0.393 e. The fraction of sp³-hybridized carbons (Fsp3) is 0.619. The third-order valence-electron chi connectivity index (χ3n) is 5.39. The van der Waals surface area contributed by atoms with Gasteiger partial charge >= 0.3 is 0 Å². The summed E-state index contributed by atoms with van der Waals surface area (Å²) in [4.78, 5) is 21.4. The molecule has 0 aromatic heterocycles. The molecule has 0 unspecified atom stereocenters. The van der Waals surface area contributed by atoms with Crippen molar-refractivity contribution in [3.05, 3.63) is 35.4 Å². The number of likely N-dealkylation sites (tertiary alicyclic amines) is 1. The highest BCUT2D eigenvalue weighted by atomic mass is 16.3. The number of benzene rings is 1. The minimum absolute atomic E-state index is 0.184. The third kappa shape index (κ3) is 5.45. The lowest BCUT2D eigenvalue weighted by atomic mass is 9.99. The molecule has 6 heteroatoms. The predicted octanol–water partition coefficient (Wildman–Crippen LogP) is 1.77. The molecule has 27 heavy (non-hydrogen) atoms. The zero-order valence-electron chi connectivity index (χ0n) is 16.4. The predicted molar refractivity (Wildman–Crippen MR) is 108 cm³/mol. The van der Waals surface area contributed by atoms with Crippen molar-refractivity contribution < 1.29 is 9.90 Å². The molecule has 1 aromatic rings. The van der Waals surface area contributed by atoms with Gasteiger partial charge in [0.15, 0.2) is 5.96 Å². The van der Waals surface area contributed by atoms with Gasteiger partial charge in [-0.05, 0) is 43.7 Å². The average Bonchev–Trinajstić information content (AvgIpc) is 2.70. The Balaban J connectivity index is 1.45. The highest BCUT2D eigenvalue weighted by Gasteiger charge is 2.21. The lowest BCUT2D eigenvalue weighted by molar-refractivity contribution is -0.132. The molecule has 0 bridgehead atoms. The molecule has 3 rings (SSSR count). The SMILES string of the molecule is CCNC(=NCCCC(=O)N1CCc2ccccc2C1)N1CCC(O)CC1. The first-order valence-electron chi connectivity index (χ1n) is 10.2. The summed E-state index contributed by atoms with van der Waals surface area (Å²) < 4.78 is 0. The van der Waals surface area contributed by atoms with E-state index in [0.29, 0.717) is 13.0 Å². The van der Waals surface area contributed by atoms with Crippen molar-refractivity contribution >= 4 is 11.9 Å². The first kappa shape index (κ1) is 19.7. The van der Waals surface area contributed by atoms with Crippen LogP contribution in [0.5, 0.6) is 0 Å². The molecular weight excluding hydrogens is 340 g/mol. The second-order valence-corrected chi connectivity index (χ2v) is 7.39.